The predicted octanol–water partition coefficient (Wildman–Crippen LogP) is 4.42. The van der Waals surface area contributed by atoms with Crippen LogP contribution in [0.1, 0.15) is 42.5 Å². The second kappa shape index (κ2) is 8.82. The molecule has 1 aliphatic heterocycles. The molecule has 0 aromatic heterocycles. The van der Waals surface area contributed by atoms with E-state index in [1.165, 1.54) is 19.1 Å². The van der Waals surface area contributed by atoms with Gasteiger partial charge in [-0.1, -0.05) is 6.07 Å². The fraction of sp³-hybridized carbons (Fsp3) is 0.417. The lowest BCUT2D eigenvalue weighted by atomic mass is 9.77. The van der Waals surface area contributed by atoms with E-state index < -0.39 is 0 Å². The SMILES string of the molecule is CNC(=O)c1cccc(Oc2ccc(SC3(C=O)CCC4(CCNCC4)C3)cc2)c1. The fourth-order valence-electron chi connectivity index (χ4n) is 4.68. The van der Waals surface area contributed by atoms with Crippen LogP contribution < -0.4 is 15.4 Å². The van der Waals surface area contributed by atoms with Crippen molar-refractivity contribution in [2.45, 2.75) is 41.7 Å². The maximum absolute atomic E-state index is 12.1. The highest BCUT2D eigenvalue weighted by atomic mass is 32.2. The van der Waals surface area contributed by atoms with Crippen LogP contribution in [0, 0.1) is 5.41 Å². The number of piperidine rings is 1. The van der Waals surface area contributed by atoms with Gasteiger partial charge < -0.3 is 20.2 Å². The molecule has 1 atom stereocenters. The molecule has 1 saturated heterocycles. The average molecular weight is 425 g/mol. The summed E-state index contributed by atoms with van der Waals surface area (Å²) in [5, 5.41) is 6.05. The summed E-state index contributed by atoms with van der Waals surface area (Å²) >= 11 is 1.69. The molecule has 158 valence electrons. The standard InChI is InChI=1S/C24H28N2O3S/c1-25-22(28)18-3-2-4-20(15-18)29-19-5-7-21(8-6-19)30-24(17-27)10-9-23(16-24)11-13-26-14-12-23/h2-8,15,17,26H,9-14,16H2,1H3,(H,25,28). The van der Waals surface area contributed by atoms with Crippen molar-refractivity contribution in [1.29, 1.82) is 0 Å². The number of hydrogen-bond donors (Lipinski definition) is 2. The van der Waals surface area contributed by atoms with Crippen molar-refractivity contribution in [2.24, 2.45) is 5.41 Å². The number of carbonyl (C=O) groups excluding carboxylic acids is 2. The van der Waals surface area contributed by atoms with Crippen LogP contribution in [0.4, 0.5) is 0 Å². The van der Waals surface area contributed by atoms with Gasteiger partial charge in [-0.15, -0.1) is 11.8 Å². The van der Waals surface area contributed by atoms with Gasteiger partial charge in [0.15, 0.2) is 0 Å². The van der Waals surface area contributed by atoms with Gasteiger partial charge in [0.2, 0.25) is 0 Å². The summed E-state index contributed by atoms with van der Waals surface area (Å²) in [5.41, 5.74) is 0.890. The molecule has 1 unspecified atom stereocenters. The van der Waals surface area contributed by atoms with Crippen molar-refractivity contribution < 1.29 is 14.3 Å². The minimum atomic E-state index is -0.318. The molecule has 1 heterocycles. The Morgan fingerprint density at radius 1 is 1.07 bits per heavy atom. The lowest BCUT2D eigenvalue weighted by molar-refractivity contribution is -0.109. The Bertz CT molecular complexity index is 909. The highest BCUT2D eigenvalue weighted by molar-refractivity contribution is 8.01. The number of carbonyl (C=O) groups is 2. The summed E-state index contributed by atoms with van der Waals surface area (Å²) in [6, 6.07) is 15.0. The maximum atomic E-state index is 12.1. The molecule has 2 aromatic carbocycles. The zero-order valence-electron chi connectivity index (χ0n) is 17.3. The van der Waals surface area contributed by atoms with Gasteiger partial charge in [-0.3, -0.25) is 4.79 Å². The zero-order valence-corrected chi connectivity index (χ0v) is 18.1. The second-order valence-electron chi connectivity index (χ2n) is 8.39. The first kappa shape index (κ1) is 20.9. The van der Waals surface area contributed by atoms with Crippen molar-refractivity contribution in [2.75, 3.05) is 20.1 Å². The van der Waals surface area contributed by atoms with Crippen LogP contribution in [0.3, 0.4) is 0 Å². The maximum Gasteiger partial charge on any atom is 0.251 e. The fourth-order valence-corrected chi connectivity index (χ4v) is 6.05. The van der Waals surface area contributed by atoms with Crippen LogP contribution in [0.15, 0.2) is 53.4 Å². The molecule has 2 fully saturated rings. The Kier molecular flexibility index (Phi) is 6.16. The molecule has 1 aliphatic carbocycles. The highest BCUT2D eigenvalue weighted by Gasteiger charge is 2.48. The summed E-state index contributed by atoms with van der Waals surface area (Å²) in [6.45, 7) is 2.12. The molecule has 2 aromatic rings. The second-order valence-corrected chi connectivity index (χ2v) is 9.88. The Hall–Kier alpha value is -2.31. The molecule has 2 aliphatic rings. The van der Waals surface area contributed by atoms with E-state index in [4.69, 9.17) is 4.74 Å². The number of hydrogen-bond acceptors (Lipinski definition) is 5. The normalized spacial score (nSPS) is 22.6. The molecule has 1 amide bonds. The Morgan fingerprint density at radius 2 is 1.83 bits per heavy atom. The predicted molar refractivity (Wildman–Crippen MR) is 119 cm³/mol. The largest absolute Gasteiger partial charge is 0.457 e. The third-order valence-electron chi connectivity index (χ3n) is 6.34. The number of rotatable bonds is 6. The van der Waals surface area contributed by atoms with Gasteiger partial charge >= 0.3 is 0 Å². The summed E-state index contributed by atoms with van der Waals surface area (Å²) in [6.07, 6.45) is 6.59. The molecule has 0 radical (unpaired) electrons. The van der Waals surface area contributed by atoms with Gasteiger partial charge in [0.05, 0.1) is 4.75 Å². The van der Waals surface area contributed by atoms with Gasteiger partial charge in [-0.25, -0.2) is 0 Å². The molecular formula is C24H28N2O3S. The van der Waals surface area contributed by atoms with Crippen LogP contribution in [0.25, 0.3) is 0 Å². The number of ether oxygens (including phenoxy) is 1. The topological polar surface area (TPSA) is 67.4 Å². The van der Waals surface area contributed by atoms with Crippen LogP contribution in [-0.2, 0) is 4.79 Å². The van der Waals surface area contributed by atoms with Gasteiger partial charge in [0.25, 0.3) is 5.91 Å². The van der Waals surface area contributed by atoms with Crippen LogP contribution in [-0.4, -0.2) is 37.1 Å². The van der Waals surface area contributed by atoms with Gasteiger partial charge in [0, 0.05) is 17.5 Å². The lowest BCUT2D eigenvalue weighted by Gasteiger charge is -2.35. The minimum Gasteiger partial charge on any atom is -0.457 e. The van der Waals surface area contributed by atoms with Crippen LogP contribution in [0.5, 0.6) is 11.5 Å². The molecule has 2 N–H and O–H groups in total. The first-order valence-electron chi connectivity index (χ1n) is 10.5. The van der Waals surface area contributed by atoms with E-state index in [2.05, 4.69) is 10.6 Å². The summed E-state index contributed by atoms with van der Waals surface area (Å²) < 4.78 is 5.60. The molecule has 6 heteroatoms. The van der Waals surface area contributed by atoms with E-state index in [-0.39, 0.29) is 10.7 Å². The Balaban J connectivity index is 1.42. The van der Waals surface area contributed by atoms with Gasteiger partial charge in [-0.05, 0) is 93.1 Å². The number of aldehydes is 1. The summed E-state index contributed by atoms with van der Waals surface area (Å²) in [7, 11) is 1.61. The van der Waals surface area contributed by atoms with Crippen molar-refractivity contribution in [1.82, 2.24) is 10.6 Å². The van der Waals surface area contributed by atoms with Crippen molar-refractivity contribution >= 4 is 24.0 Å². The summed E-state index contributed by atoms with van der Waals surface area (Å²) in [5.74, 6) is 1.17. The van der Waals surface area contributed by atoms with E-state index >= 15 is 0 Å². The van der Waals surface area contributed by atoms with E-state index in [1.54, 1.807) is 37.0 Å². The molecule has 0 bridgehead atoms. The summed E-state index contributed by atoms with van der Waals surface area (Å²) in [4.78, 5) is 25.0. The number of thioether (sulfide) groups is 1. The highest BCUT2D eigenvalue weighted by Crippen LogP contribution is 2.55. The third-order valence-corrected chi connectivity index (χ3v) is 7.69. The number of benzene rings is 2. The van der Waals surface area contributed by atoms with Crippen molar-refractivity contribution in [3.05, 3.63) is 54.1 Å². The van der Waals surface area contributed by atoms with Gasteiger partial charge in [-0.2, -0.15) is 0 Å². The first-order chi connectivity index (χ1) is 14.6. The smallest absolute Gasteiger partial charge is 0.251 e. The van der Waals surface area contributed by atoms with E-state index in [0.29, 0.717) is 22.5 Å². The molecule has 5 nitrogen and oxygen atoms in total. The van der Waals surface area contributed by atoms with Crippen LogP contribution >= 0.6 is 11.8 Å². The first-order valence-corrected chi connectivity index (χ1v) is 11.3. The zero-order chi connectivity index (χ0) is 21.0. The van der Waals surface area contributed by atoms with E-state index in [9.17, 15) is 9.59 Å². The molecule has 1 spiro atoms. The minimum absolute atomic E-state index is 0.144. The average Bonchev–Trinajstić information content (AvgIpc) is 3.13. The monoisotopic (exact) mass is 424 g/mol. The lowest BCUT2D eigenvalue weighted by Crippen LogP contribution is -2.36. The molecule has 30 heavy (non-hydrogen) atoms. The Labute approximate surface area is 182 Å². The molecular weight excluding hydrogens is 396 g/mol. The number of amides is 1. The molecule has 4 rings (SSSR count). The molecule has 1 saturated carbocycles. The van der Waals surface area contributed by atoms with E-state index in [1.807, 2.05) is 30.3 Å². The Morgan fingerprint density at radius 3 is 2.53 bits per heavy atom. The van der Waals surface area contributed by atoms with Gasteiger partial charge in [0.1, 0.15) is 17.8 Å². The quantitative estimate of drug-likeness (QED) is 0.672. The van der Waals surface area contributed by atoms with Crippen molar-refractivity contribution in [3.63, 3.8) is 0 Å². The van der Waals surface area contributed by atoms with Crippen LogP contribution in [0.2, 0.25) is 0 Å². The number of nitrogens with one attached hydrogen (secondary N) is 2. The third kappa shape index (κ3) is 4.55. The van der Waals surface area contributed by atoms with Crippen molar-refractivity contribution in [3.8, 4) is 11.5 Å². The van der Waals surface area contributed by atoms with E-state index in [0.717, 1.165) is 37.2 Å².